The summed E-state index contributed by atoms with van der Waals surface area (Å²) in [7, 11) is 0. The molecule has 0 bridgehead atoms. The lowest BCUT2D eigenvalue weighted by Gasteiger charge is -2.07. The largest absolute Gasteiger partial charge is 0.295 e. The molecule has 0 aliphatic heterocycles. The van der Waals surface area contributed by atoms with Gasteiger partial charge in [-0.25, -0.2) is 4.98 Å². The Balaban J connectivity index is 2.33. The molecule has 0 fully saturated rings. The number of hydrogen-bond acceptors (Lipinski definition) is 2. The summed E-state index contributed by atoms with van der Waals surface area (Å²) in [6.07, 6.45) is 3.53. The molecule has 2 aromatic heterocycles. The van der Waals surface area contributed by atoms with Gasteiger partial charge in [-0.3, -0.25) is 9.55 Å². The first kappa shape index (κ1) is 11.9. The van der Waals surface area contributed by atoms with Crippen LogP contribution >= 0.6 is 34.2 Å². The van der Waals surface area contributed by atoms with Crippen LogP contribution in [0.4, 0.5) is 0 Å². The van der Waals surface area contributed by atoms with Gasteiger partial charge in [0.25, 0.3) is 0 Å². The summed E-state index contributed by atoms with van der Waals surface area (Å²) in [4.78, 5) is 8.60. The number of benzene rings is 1. The molecule has 0 radical (unpaired) electrons. The number of fused-ring (bicyclic) bond motifs is 1. The van der Waals surface area contributed by atoms with Gasteiger partial charge in [0.15, 0.2) is 0 Å². The van der Waals surface area contributed by atoms with Crippen LogP contribution in [0.3, 0.4) is 0 Å². The van der Waals surface area contributed by atoms with Crippen molar-refractivity contribution in [2.45, 2.75) is 5.88 Å². The lowest BCUT2D eigenvalue weighted by Crippen LogP contribution is -1.99. The Kier molecular flexibility index (Phi) is 3.22. The number of aromatic nitrogens is 3. The third-order valence-corrected chi connectivity index (χ3v) is 3.62. The van der Waals surface area contributed by atoms with Crippen LogP contribution in [0.25, 0.3) is 16.7 Å². The molecule has 3 aromatic rings. The highest BCUT2D eigenvalue weighted by Crippen LogP contribution is 2.22. The Morgan fingerprint density at radius 3 is 2.94 bits per heavy atom. The summed E-state index contributed by atoms with van der Waals surface area (Å²) in [5, 5.41) is 0. The molecule has 0 unspecified atom stereocenters. The van der Waals surface area contributed by atoms with E-state index in [0.717, 1.165) is 22.5 Å². The summed E-state index contributed by atoms with van der Waals surface area (Å²) < 4.78 is 3.26. The molecular formula is C13H9ClIN3. The zero-order chi connectivity index (χ0) is 12.5. The van der Waals surface area contributed by atoms with Crippen molar-refractivity contribution in [3.8, 4) is 5.69 Å². The fourth-order valence-corrected chi connectivity index (χ4v) is 2.68. The van der Waals surface area contributed by atoms with Crippen LogP contribution in [0.5, 0.6) is 0 Å². The molecule has 0 N–H and O–H groups in total. The molecule has 5 heteroatoms. The highest BCUT2D eigenvalue weighted by Gasteiger charge is 2.11. The average molecular weight is 370 g/mol. The molecule has 3 nitrogen and oxygen atoms in total. The summed E-state index contributed by atoms with van der Waals surface area (Å²) in [6, 6.07) is 10.2. The van der Waals surface area contributed by atoms with E-state index in [2.05, 4.69) is 55.3 Å². The van der Waals surface area contributed by atoms with Gasteiger partial charge < -0.3 is 0 Å². The maximum atomic E-state index is 5.99. The van der Waals surface area contributed by atoms with E-state index in [1.54, 1.807) is 12.4 Å². The average Bonchev–Trinajstić information content (AvgIpc) is 2.77. The smallest absolute Gasteiger partial charge is 0.129 e. The molecule has 90 valence electrons. The Labute approximate surface area is 123 Å². The van der Waals surface area contributed by atoms with Crippen molar-refractivity contribution in [3.05, 3.63) is 52.1 Å². The fourth-order valence-electron chi connectivity index (χ4n) is 1.98. The molecule has 1 aromatic carbocycles. The molecule has 0 saturated heterocycles. The van der Waals surface area contributed by atoms with Gasteiger partial charge in [0, 0.05) is 15.5 Å². The molecule has 2 heterocycles. The quantitative estimate of drug-likeness (QED) is 0.509. The summed E-state index contributed by atoms with van der Waals surface area (Å²) >= 11 is 8.29. The topological polar surface area (TPSA) is 30.7 Å². The third kappa shape index (κ3) is 1.99. The highest BCUT2D eigenvalue weighted by atomic mass is 127. The molecule has 0 amide bonds. The molecule has 0 atom stereocenters. The normalized spacial score (nSPS) is 11.0. The Hall–Kier alpha value is -1.14. The van der Waals surface area contributed by atoms with Crippen LogP contribution in [-0.4, -0.2) is 14.5 Å². The van der Waals surface area contributed by atoms with Crippen molar-refractivity contribution in [1.29, 1.82) is 0 Å². The van der Waals surface area contributed by atoms with Crippen molar-refractivity contribution in [3.63, 3.8) is 0 Å². The first-order chi connectivity index (χ1) is 8.79. The van der Waals surface area contributed by atoms with E-state index in [1.165, 1.54) is 3.57 Å². The van der Waals surface area contributed by atoms with Crippen molar-refractivity contribution < 1.29 is 0 Å². The van der Waals surface area contributed by atoms with Gasteiger partial charge in [0.2, 0.25) is 0 Å². The lowest BCUT2D eigenvalue weighted by molar-refractivity contribution is 0.981. The van der Waals surface area contributed by atoms with E-state index in [-0.39, 0.29) is 0 Å². The van der Waals surface area contributed by atoms with E-state index in [9.17, 15) is 0 Å². The summed E-state index contributed by atoms with van der Waals surface area (Å²) in [5.74, 6) is 1.21. The van der Waals surface area contributed by atoms with Gasteiger partial charge in [0.1, 0.15) is 11.3 Å². The van der Waals surface area contributed by atoms with Crippen LogP contribution in [0, 0.1) is 3.57 Å². The molecular weight excluding hydrogens is 361 g/mol. The van der Waals surface area contributed by atoms with Crippen LogP contribution in [0.1, 0.15) is 5.82 Å². The standard InChI is InChI=1S/C13H9ClIN3/c14-7-13-17-11-8-16-5-4-12(11)18(13)10-3-1-2-9(15)6-10/h1-6,8H,7H2. The second kappa shape index (κ2) is 4.85. The van der Waals surface area contributed by atoms with Crippen LogP contribution in [-0.2, 0) is 5.88 Å². The van der Waals surface area contributed by atoms with Crippen LogP contribution in [0.2, 0.25) is 0 Å². The van der Waals surface area contributed by atoms with Crippen molar-refractivity contribution >= 4 is 45.2 Å². The second-order valence-corrected chi connectivity index (χ2v) is 5.35. The van der Waals surface area contributed by atoms with E-state index in [1.807, 2.05) is 12.1 Å². The maximum Gasteiger partial charge on any atom is 0.129 e. The van der Waals surface area contributed by atoms with Gasteiger partial charge in [-0.15, -0.1) is 11.6 Å². The fraction of sp³-hybridized carbons (Fsp3) is 0.0769. The van der Waals surface area contributed by atoms with E-state index in [4.69, 9.17) is 11.6 Å². The van der Waals surface area contributed by atoms with Gasteiger partial charge in [-0.1, -0.05) is 6.07 Å². The number of alkyl halides is 1. The predicted octanol–water partition coefficient (Wildman–Crippen LogP) is 3.76. The minimum Gasteiger partial charge on any atom is -0.295 e. The zero-order valence-corrected chi connectivity index (χ0v) is 12.3. The molecule has 3 rings (SSSR count). The third-order valence-electron chi connectivity index (χ3n) is 2.71. The number of nitrogens with zero attached hydrogens (tertiary/aromatic N) is 3. The molecule has 0 saturated carbocycles. The van der Waals surface area contributed by atoms with Gasteiger partial charge in [-0.05, 0) is 46.9 Å². The first-order valence-corrected chi connectivity index (χ1v) is 7.04. The van der Waals surface area contributed by atoms with E-state index in [0.29, 0.717) is 5.88 Å². The highest BCUT2D eigenvalue weighted by molar-refractivity contribution is 14.1. The van der Waals surface area contributed by atoms with Gasteiger partial charge in [0.05, 0.1) is 17.6 Å². The maximum absolute atomic E-state index is 5.99. The Bertz CT molecular complexity index is 708. The number of hydrogen-bond donors (Lipinski definition) is 0. The number of halogens is 2. The molecule has 0 spiro atoms. The number of imidazole rings is 1. The van der Waals surface area contributed by atoms with Crippen molar-refractivity contribution in [2.24, 2.45) is 0 Å². The zero-order valence-electron chi connectivity index (χ0n) is 9.35. The molecule has 0 aliphatic carbocycles. The van der Waals surface area contributed by atoms with E-state index >= 15 is 0 Å². The lowest BCUT2D eigenvalue weighted by atomic mass is 10.3. The number of pyridine rings is 1. The SMILES string of the molecule is ClCc1nc2cnccc2n1-c1cccc(I)c1. The second-order valence-electron chi connectivity index (χ2n) is 3.84. The van der Waals surface area contributed by atoms with Crippen LogP contribution in [0.15, 0.2) is 42.7 Å². The molecule has 18 heavy (non-hydrogen) atoms. The van der Waals surface area contributed by atoms with Crippen molar-refractivity contribution in [1.82, 2.24) is 14.5 Å². The summed E-state index contributed by atoms with van der Waals surface area (Å²) in [6.45, 7) is 0. The first-order valence-electron chi connectivity index (χ1n) is 5.43. The molecule has 0 aliphatic rings. The number of rotatable bonds is 2. The van der Waals surface area contributed by atoms with Crippen LogP contribution < -0.4 is 0 Å². The van der Waals surface area contributed by atoms with Gasteiger partial charge >= 0.3 is 0 Å². The monoisotopic (exact) mass is 369 g/mol. The summed E-state index contributed by atoms with van der Waals surface area (Å²) in [5.41, 5.74) is 2.97. The Morgan fingerprint density at radius 2 is 2.17 bits per heavy atom. The van der Waals surface area contributed by atoms with Gasteiger partial charge in [-0.2, -0.15) is 0 Å². The van der Waals surface area contributed by atoms with Crippen molar-refractivity contribution in [2.75, 3.05) is 0 Å². The minimum atomic E-state index is 0.375. The minimum absolute atomic E-state index is 0.375. The predicted molar refractivity (Wildman–Crippen MR) is 81.1 cm³/mol. The Morgan fingerprint density at radius 1 is 1.28 bits per heavy atom. The van der Waals surface area contributed by atoms with E-state index < -0.39 is 0 Å².